The summed E-state index contributed by atoms with van der Waals surface area (Å²) in [5.41, 5.74) is 0.142. The third-order valence-electron chi connectivity index (χ3n) is 2.87. The van der Waals surface area contributed by atoms with Crippen LogP contribution in [0.4, 0.5) is 5.88 Å². The number of nitrogens with zero attached hydrogens (tertiary/aromatic N) is 2. The molecule has 3 rings (SSSR count). The molecule has 6 heteroatoms. The van der Waals surface area contributed by atoms with E-state index in [1.165, 1.54) is 11.3 Å². The number of aryl methyl sites for hydroxylation is 1. The lowest BCUT2D eigenvalue weighted by Crippen LogP contribution is -2.10. The number of aromatic nitrogens is 1. The molecule has 0 radical (unpaired) electrons. The molecule has 1 amide bonds. The smallest absolute Gasteiger partial charge is 0.268 e. The van der Waals surface area contributed by atoms with Crippen LogP contribution < -0.4 is 5.32 Å². The van der Waals surface area contributed by atoms with E-state index in [0.29, 0.717) is 16.7 Å². The summed E-state index contributed by atoms with van der Waals surface area (Å²) in [6.45, 7) is 1.93. The van der Waals surface area contributed by atoms with Crippen LogP contribution in [0.1, 0.15) is 44.9 Å². The molecule has 2 aromatic rings. The largest absolute Gasteiger partial charge is 0.423 e. The molecule has 2 aromatic heterocycles. The van der Waals surface area contributed by atoms with Gasteiger partial charge in [-0.1, -0.05) is 0 Å². The van der Waals surface area contributed by atoms with Crippen LogP contribution in [0.3, 0.4) is 0 Å². The second-order valence-electron chi connectivity index (χ2n) is 4.48. The highest BCUT2D eigenvalue weighted by Crippen LogP contribution is 2.40. The van der Waals surface area contributed by atoms with Gasteiger partial charge in [0.05, 0.1) is 4.88 Å². The molecule has 0 unspecified atom stereocenters. The summed E-state index contributed by atoms with van der Waals surface area (Å²) < 4.78 is 5.47. The van der Waals surface area contributed by atoms with E-state index in [2.05, 4.69) is 10.3 Å². The Kier molecular flexibility index (Phi) is 2.84. The lowest BCUT2D eigenvalue weighted by atomic mass is 10.4. The summed E-state index contributed by atoms with van der Waals surface area (Å²) in [5, 5.41) is 11.6. The number of hydrogen-bond acceptors (Lipinski definition) is 5. The zero-order chi connectivity index (χ0) is 13.4. The molecule has 1 N–H and O–H groups in total. The normalized spacial score (nSPS) is 14.1. The standard InChI is InChI=1S/C13H11N3O2S/c1-7-2-5-10(19-7)11(17)16-13-9(6-14)15-12(18-13)8-3-4-8/h2,5,8H,3-4H2,1H3,(H,16,17). The number of hydrogen-bond donors (Lipinski definition) is 1. The van der Waals surface area contributed by atoms with E-state index in [0.717, 1.165) is 17.7 Å². The van der Waals surface area contributed by atoms with Crippen molar-refractivity contribution in [1.82, 2.24) is 4.98 Å². The summed E-state index contributed by atoms with van der Waals surface area (Å²) in [5.74, 6) is 0.740. The fourth-order valence-electron chi connectivity index (χ4n) is 1.72. The van der Waals surface area contributed by atoms with Gasteiger partial charge in [-0.25, -0.2) is 4.98 Å². The third kappa shape index (κ3) is 2.37. The Hall–Kier alpha value is -2.13. The van der Waals surface area contributed by atoms with Gasteiger partial charge in [0, 0.05) is 10.8 Å². The number of anilines is 1. The van der Waals surface area contributed by atoms with E-state index in [-0.39, 0.29) is 17.5 Å². The van der Waals surface area contributed by atoms with Crippen molar-refractivity contribution in [3.63, 3.8) is 0 Å². The van der Waals surface area contributed by atoms with Crippen molar-refractivity contribution >= 4 is 23.1 Å². The second-order valence-corrected chi connectivity index (χ2v) is 5.77. The van der Waals surface area contributed by atoms with Crippen molar-refractivity contribution in [3.05, 3.63) is 33.5 Å². The second kappa shape index (κ2) is 4.52. The van der Waals surface area contributed by atoms with Gasteiger partial charge >= 0.3 is 0 Å². The van der Waals surface area contributed by atoms with Crippen molar-refractivity contribution in [2.24, 2.45) is 0 Å². The maximum Gasteiger partial charge on any atom is 0.268 e. The molecule has 0 aliphatic heterocycles. The van der Waals surface area contributed by atoms with Gasteiger partial charge in [0.25, 0.3) is 5.91 Å². The number of nitrogens with one attached hydrogen (secondary N) is 1. The summed E-state index contributed by atoms with van der Waals surface area (Å²) in [6.07, 6.45) is 2.06. The van der Waals surface area contributed by atoms with E-state index in [9.17, 15) is 4.79 Å². The maximum absolute atomic E-state index is 12.0. The average Bonchev–Trinajstić information content (AvgIpc) is 3.03. The summed E-state index contributed by atoms with van der Waals surface area (Å²) in [6, 6.07) is 5.57. The van der Waals surface area contributed by atoms with E-state index in [4.69, 9.17) is 9.68 Å². The minimum Gasteiger partial charge on any atom is -0.423 e. The molecule has 96 valence electrons. The van der Waals surface area contributed by atoms with Crippen molar-refractivity contribution in [3.8, 4) is 6.07 Å². The van der Waals surface area contributed by atoms with E-state index >= 15 is 0 Å². The van der Waals surface area contributed by atoms with Gasteiger partial charge < -0.3 is 4.42 Å². The number of rotatable bonds is 3. The Bertz CT molecular complexity index is 676. The first-order valence-electron chi connectivity index (χ1n) is 5.96. The Morgan fingerprint density at radius 2 is 2.37 bits per heavy atom. The number of amides is 1. The van der Waals surface area contributed by atoms with Crippen LogP contribution in [0.5, 0.6) is 0 Å². The fraction of sp³-hybridized carbons (Fsp3) is 0.308. The summed E-state index contributed by atoms with van der Waals surface area (Å²) in [4.78, 5) is 17.7. The van der Waals surface area contributed by atoms with E-state index in [1.54, 1.807) is 6.07 Å². The number of carbonyl (C=O) groups is 1. The molecule has 19 heavy (non-hydrogen) atoms. The van der Waals surface area contributed by atoms with Gasteiger partial charge in [0.1, 0.15) is 6.07 Å². The number of nitriles is 1. The minimum absolute atomic E-state index is 0.142. The molecule has 0 bridgehead atoms. The topological polar surface area (TPSA) is 78.9 Å². The molecular weight excluding hydrogens is 262 g/mol. The van der Waals surface area contributed by atoms with Crippen LogP contribution in [0.25, 0.3) is 0 Å². The van der Waals surface area contributed by atoms with Gasteiger partial charge in [-0.3, -0.25) is 10.1 Å². The van der Waals surface area contributed by atoms with E-state index < -0.39 is 0 Å². The van der Waals surface area contributed by atoms with Crippen molar-refractivity contribution < 1.29 is 9.21 Å². The predicted molar refractivity (Wildman–Crippen MR) is 70.2 cm³/mol. The first-order valence-corrected chi connectivity index (χ1v) is 6.77. The Balaban J connectivity index is 1.82. The van der Waals surface area contributed by atoms with Gasteiger partial charge in [0.15, 0.2) is 0 Å². The molecule has 0 spiro atoms. The molecule has 2 heterocycles. The zero-order valence-electron chi connectivity index (χ0n) is 10.3. The molecule has 5 nitrogen and oxygen atoms in total. The molecule has 0 atom stereocenters. The molecule has 0 saturated heterocycles. The van der Waals surface area contributed by atoms with Gasteiger partial charge in [0.2, 0.25) is 17.5 Å². The van der Waals surface area contributed by atoms with Crippen molar-refractivity contribution in [2.75, 3.05) is 5.32 Å². The zero-order valence-corrected chi connectivity index (χ0v) is 11.1. The molecule has 1 fully saturated rings. The van der Waals surface area contributed by atoms with Crippen molar-refractivity contribution in [1.29, 1.82) is 5.26 Å². The van der Waals surface area contributed by atoms with Crippen LogP contribution in [0.15, 0.2) is 16.5 Å². The highest BCUT2D eigenvalue weighted by molar-refractivity contribution is 7.14. The molecule has 0 aromatic carbocycles. The lowest BCUT2D eigenvalue weighted by Gasteiger charge is -1.98. The third-order valence-corrected chi connectivity index (χ3v) is 3.87. The highest BCUT2D eigenvalue weighted by atomic mass is 32.1. The van der Waals surface area contributed by atoms with Gasteiger partial charge in [-0.2, -0.15) is 5.26 Å². The van der Waals surface area contributed by atoms with Gasteiger partial charge in [-0.05, 0) is 31.9 Å². The van der Waals surface area contributed by atoms with Crippen LogP contribution in [-0.4, -0.2) is 10.9 Å². The lowest BCUT2D eigenvalue weighted by molar-refractivity contribution is 0.102. The summed E-state index contributed by atoms with van der Waals surface area (Å²) in [7, 11) is 0. The van der Waals surface area contributed by atoms with Gasteiger partial charge in [-0.15, -0.1) is 11.3 Å². The quantitative estimate of drug-likeness (QED) is 0.932. The van der Waals surface area contributed by atoms with Crippen LogP contribution >= 0.6 is 11.3 Å². The summed E-state index contributed by atoms with van der Waals surface area (Å²) >= 11 is 1.40. The Morgan fingerprint density at radius 1 is 1.58 bits per heavy atom. The highest BCUT2D eigenvalue weighted by Gasteiger charge is 2.30. The maximum atomic E-state index is 12.0. The van der Waals surface area contributed by atoms with Crippen LogP contribution in [-0.2, 0) is 0 Å². The number of carbonyl (C=O) groups excluding carboxylic acids is 1. The van der Waals surface area contributed by atoms with Crippen LogP contribution in [0.2, 0.25) is 0 Å². The predicted octanol–water partition coefficient (Wildman–Crippen LogP) is 3.05. The fourth-order valence-corrected chi connectivity index (χ4v) is 2.49. The Labute approximate surface area is 113 Å². The number of oxazole rings is 1. The Morgan fingerprint density at radius 3 is 2.95 bits per heavy atom. The first-order chi connectivity index (χ1) is 9.17. The number of thiophene rings is 1. The minimum atomic E-state index is -0.270. The molecule has 1 aliphatic rings. The first kappa shape index (κ1) is 11.9. The molecular formula is C13H11N3O2S. The molecule has 1 saturated carbocycles. The average molecular weight is 273 g/mol. The monoisotopic (exact) mass is 273 g/mol. The van der Waals surface area contributed by atoms with E-state index in [1.807, 2.05) is 19.1 Å². The van der Waals surface area contributed by atoms with Crippen LogP contribution in [0, 0.1) is 18.3 Å². The van der Waals surface area contributed by atoms with Crippen molar-refractivity contribution in [2.45, 2.75) is 25.7 Å². The SMILES string of the molecule is Cc1ccc(C(=O)Nc2oc(C3CC3)nc2C#N)s1. The molecule has 1 aliphatic carbocycles.